The molecule has 1 heterocycles. The van der Waals surface area contributed by atoms with E-state index in [1.54, 1.807) is 25.3 Å². The number of hydrogen-bond donors (Lipinski definition) is 2. The Kier molecular flexibility index (Phi) is 8.18. The SMILES string of the molecule is CCOc1ccc(CCC(=O)NCCNC(=O)c2ccc3nc(C)c(C)nc3c2)cc1OC. The Morgan fingerprint density at radius 3 is 2.36 bits per heavy atom. The van der Waals surface area contributed by atoms with Crippen molar-refractivity contribution in [2.24, 2.45) is 0 Å². The third-order valence-corrected chi connectivity index (χ3v) is 5.24. The van der Waals surface area contributed by atoms with Crippen LogP contribution in [0.3, 0.4) is 0 Å². The highest BCUT2D eigenvalue weighted by atomic mass is 16.5. The summed E-state index contributed by atoms with van der Waals surface area (Å²) in [6.07, 6.45) is 0.922. The molecule has 0 radical (unpaired) electrons. The van der Waals surface area contributed by atoms with Crippen LogP contribution in [0, 0.1) is 13.8 Å². The molecule has 0 fully saturated rings. The van der Waals surface area contributed by atoms with Crippen LogP contribution >= 0.6 is 0 Å². The van der Waals surface area contributed by atoms with Gasteiger partial charge in [0.15, 0.2) is 11.5 Å². The normalized spacial score (nSPS) is 10.7. The average Bonchev–Trinajstić information content (AvgIpc) is 2.81. The van der Waals surface area contributed by atoms with Gasteiger partial charge in [-0.05, 0) is 63.1 Å². The summed E-state index contributed by atoms with van der Waals surface area (Å²) in [6.45, 7) is 6.96. The maximum atomic E-state index is 12.4. The highest BCUT2D eigenvalue weighted by Crippen LogP contribution is 2.28. The molecule has 0 aliphatic heterocycles. The molecule has 33 heavy (non-hydrogen) atoms. The van der Waals surface area contributed by atoms with Crippen LogP contribution in [0.5, 0.6) is 11.5 Å². The van der Waals surface area contributed by atoms with Crippen LogP contribution in [0.4, 0.5) is 0 Å². The molecule has 2 N–H and O–H groups in total. The molecule has 3 rings (SSSR count). The molecule has 0 bridgehead atoms. The van der Waals surface area contributed by atoms with E-state index in [1.807, 2.05) is 39.0 Å². The predicted molar refractivity (Wildman–Crippen MR) is 127 cm³/mol. The van der Waals surface area contributed by atoms with Gasteiger partial charge in [0, 0.05) is 25.1 Å². The molecule has 0 aliphatic rings. The van der Waals surface area contributed by atoms with Crippen LogP contribution in [0.15, 0.2) is 36.4 Å². The van der Waals surface area contributed by atoms with E-state index in [0.717, 1.165) is 22.5 Å². The summed E-state index contributed by atoms with van der Waals surface area (Å²) in [7, 11) is 1.59. The predicted octanol–water partition coefficient (Wildman–Crippen LogP) is 3.13. The number of nitrogens with one attached hydrogen (secondary N) is 2. The molecule has 174 valence electrons. The van der Waals surface area contributed by atoms with Gasteiger partial charge in [0.05, 0.1) is 36.1 Å². The van der Waals surface area contributed by atoms with Gasteiger partial charge in [-0.1, -0.05) is 6.07 Å². The molecule has 1 aromatic heterocycles. The Bertz CT molecular complexity index is 1150. The Hall–Kier alpha value is -3.68. The standard InChI is InChI=1S/C25H30N4O4/c1-5-33-22-10-6-18(14-23(22)32-4)7-11-24(30)26-12-13-27-25(31)19-8-9-20-21(15-19)29-17(3)16(2)28-20/h6,8-10,14-15H,5,7,11-13H2,1-4H3,(H,26,30)(H,27,31). The lowest BCUT2D eigenvalue weighted by Gasteiger charge is -2.11. The number of fused-ring (bicyclic) bond motifs is 1. The van der Waals surface area contributed by atoms with E-state index >= 15 is 0 Å². The van der Waals surface area contributed by atoms with Crippen molar-refractivity contribution >= 4 is 22.8 Å². The fraction of sp³-hybridized carbons (Fsp3) is 0.360. The molecular formula is C25H30N4O4. The van der Waals surface area contributed by atoms with Gasteiger partial charge in [-0.2, -0.15) is 0 Å². The Balaban J connectivity index is 1.43. The minimum atomic E-state index is -0.215. The molecule has 8 nitrogen and oxygen atoms in total. The van der Waals surface area contributed by atoms with E-state index in [4.69, 9.17) is 9.47 Å². The van der Waals surface area contributed by atoms with Crippen molar-refractivity contribution in [2.75, 3.05) is 26.8 Å². The zero-order chi connectivity index (χ0) is 23.8. The number of carbonyl (C=O) groups is 2. The molecule has 3 aromatic rings. The summed E-state index contributed by atoms with van der Waals surface area (Å²) in [6, 6.07) is 10.9. The van der Waals surface area contributed by atoms with Gasteiger partial charge in [0.25, 0.3) is 5.91 Å². The van der Waals surface area contributed by atoms with Gasteiger partial charge in [-0.3, -0.25) is 9.59 Å². The number of amides is 2. The Morgan fingerprint density at radius 1 is 0.909 bits per heavy atom. The van der Waals surface area contributed by atoms with Crippen LogP contribution in [0.2, 0.25) is 0 Å². The van der Waals surface area contributed by atoms with Crippen molar-refractivity contribution in [3.05, 3.63) is 58.9 Å². The number of aromatic nitrogens is 2. The van der Waals surface area contributed by atoms with Crippen molar-refractivity contribution in [3.63, 3.8) is 0 Å². The molecule has 0 saturated carbocycles. The molecular weight excluding hydrogens is 420 g/mol. The van der Waals surface area contributed by atoms with Crippen LogP contribution < -0.4 is 20.1 Å². The maximum Gasteiger partial charge on any atom is 0.251 e. The van der Waals surface area contributed by atoms with Crippen LogP contribution in [0.25, 0.3) is 11.0 Å². The molecule has 0 atom stereocenters. The van der Waals surface area contributed by atoms with Gasteiger partial charge < -0.3 is 20.1 Å². The molecule has 8 heteroatoms. The number of benzene rings is 2. The second-order valence-corrected chi connectivity index (χ2v) is 7.62. The maximum absolute atomic E-state index is 12.4. The second kappa shape index (κ2) is 11.3. The van der Waals surface area contributed by atoms with Gasteiger partial charge in [-0.15, -0.1) is 0 Å². The zero-order valence-electron chi connectivity index (χ0n) is 19.5. The summed E-state index contributed by atoms with van der Waals surface area (Å²) in [4.78, 5) is 33.6. The lowest BCUT2D eigenvalue weighted by atomic mass is 10.1. The summed E-state index contributed by atoms with van der Waals surface area (Å²) >= 11 is 0. The first-order chi connectivity index (χ1) is 15.9. The van der Waals surface area contributed by atoms with E-state index < -0.39 is 0 Å². The summed E-state index contributed by atoms with van der Waals surface area (Å²) in [5, 5.41) is 5.65. The topological polar surface area (TPSA) is 102 Å². The summed E-state index contributed by atoms with van der Waals surface area (Å²) in [5.74, 6) is 1.05. The highest BCUT2D eigenvalue weighted by molar-refractivity contribution is 5.97. The van der Waals surface area contributed by atoms with Crippen molar-refractivity contribution in [1.82, 2.24) is 20.6 Å². The van der Waals surface area contributed by atoms with Crippen LogP contribution in [0.1, 0.15) is 40.7 Å². The smallest absolute Gasteiger partial charge is 0.251 e. The molecule has 0 saturated heterocycles. The fourth-order valence-electron chi connectivity index (χ4n) is 3.34. The van der Waals surface area contributed by atoms with Gasteiger partial charge in [0.2, 0.25) is 5.91 Å². The van der Waals surface area contributed by atoms with E-state index in [-0.39, 0.29) is 11.8 Å². The van der Waals surface area contributed by atoms with Crippen molar-refractivity contribution in [2.45, 2.75) is 33.6 Å². The minimum Gasteiger partial charge on any atom is -0.493 e. The third-order valence-electron chi connectivity index (χ3n) is 5.24. The molecule has 2 amide bonds. The molecule has 0 aliphatic carbocycles. The van der Waals surface area contributed by atoms with E-state index in [2.05, 4.69) is 20.6 Å². The number of aryl methyl sites for hydroxylation is 3. The van der Waals surface area contributed by atoms with Gasteiger partial charge >= 0.3 is 0 Å². The number of hydrogen-bond acceptors (Lipinski definition) is 6. The summed E-state index contributed by atoms with van der Waals surface area (Å²) in [5.41, 5.74) is 4.65. The molecule has 2 aromatic carbocycles. The Morgan fingerprint density at radius 2 is 1.64 bits per heavy atom. The molecule has 0 spiro atoms. The minimum absolute atomic E-state index is 0.0797. The Labute approximate surface area is 193 Å². The second-order valence-electron chi connectivity index (χ2n) is 7.62. The average molecular weight is 451 g/mol. The third kappa shape index (κ3) is 6.41. The van der Waals surface area contributed by atoms with Crippen molar-refractivity contribution in [1.29, 1.82) is 0 Å². The number of rotatable bonds is 10. The fourth-order valence-corrected chi connectivity index (χ4v) is 3.34. The monoisotopic (exact) mass is 450 g/mol. The first-order valence-electron chi connectivity index (χ1n) is 11.0. The first-order valence-corrected chi connectivity index (χ1v) is 11.0. The van der Waals surface area contributed by atoms with Crippen LogP contribution in [-0.2, 0) is 11.2 Å². The first kappa shape index (κ1) is 24.0. The van der Waals surface area contributed by atoms with Crippen LogP contribution in [-0.4, -0.2) is 48.6 Å². The lowest BCUT2D eigenvalue weighted by Crippen LogP contribution is -2.34. The van der Waals surface area contributed by atoms with Crippen molar-refractivity contribution < 1.29 is 19.1 Å². The van der Waals surface area contributed by atoms with Gasteiger partial charge in [0.1, 0.15) is 0 Å². The highest BCUT2D eigenvalue weighted by Gasteiger charge is 2.10. The lowest BCUT2D eigenvalue weighted by molar-refractivity contribution is -0.121. The van der Waals surface area contributed by atoms with E-state index in [0.29, 0.717) is 55.1 Å². The zero-order valence-corrected chi connectivity index (χ0v) is 19.5. The molecule has 0 unspecified atom stereocenters. The number of ether oxygens (including phenoxy) is 2. The van der Waals surface area contributed by atoms with Crippen molar-refractivity contribution in [3.8, 4) is 11.5 Å². The number of methoxy groups -OCH3 is 1. The quantitative estimate of drug-likeness (QED) is 0.460. The number of nitrogens with zero attached hydrogens (tertiary/aromatic N) is 2. The van der Waals surface area contributed by atoms with E-state index in [1.165, 1.54) is 0 Å². The largest absolute Gasteiger partial charge is 0.493 e. The summed E-state index contributed by atoms with van der Waals surface area (Å²) < 4.78 is 10.9. The number of carbonyl (C=O) groups excluding carboxylic acids is 2. The van der Waals surface area contributed by atoms with E-state index in [9.17, 15) is 9.59 Å². The van der Waals surface area contributed by atoms with Gasteiger partial charge in [-0.25, -0.2) is 9.97 Å².